The van der Waals surface area contributed by atoms with Crippen LogP contribution in [-0.2, 0) is 25.7 Å². The van der Waals surface area contributed by atoms with E-state index in [1.807, 2.05) is 18.2 Å². The van der Waals surface area contributed by atoms with Crippen LogP contribution in [0, 0.1) is 0 Å². The van der Waals surface area contributed by atoms with E-state index < -0.39 is 5.97 Å². The molecule has 0 spiro atoms. The highest BCUT2D eigenvalue weighted by Crippen LogP contribution is 2.21. The number of benzene rings is 1. The molecule has 182 valence electrons. The van der Waals surface area contributed by atoms with Gasteiger partial charge < -0.3 is 14.6 Å². The van der Waals surface area contributed by atoms with E-state index in [9.17, 15) is 9.59 Å². The highest BCUT2D eigenvalue weighted by molar-refractivity contribution is 5.66. The lowest BCUT2D eigenvalue weighted by Gasteiger charge is -2.27. The minimum atomic E-state index is -0.717. The maximum absolute atomic E-state index is 11.8. The number of rotatable bonds is 20. The van der Waals surface area contributed by atoms with Crippen LogP contribution in [0.2, 0.25) is 0 Å². The Bertz CT molecular complexity index is 601. The third-order valence-electron chi connectivity index (χ3n) is 5.76. The van der Waals surface area contributed by atoms with Crippen LogP contribution in [0.1, 0.15) is 109 Å². The number of carbonyl (C=O) groups excluding carboxylic acids is 1. The second-order valence-electron chi connectivity index (χ2n) is 8.74. The van der Waals surface area contributed by atoms with Gasteiger partial charge in [-0.3, -0.25) is 9.59 Å². The number of esters is 1. The number of ether oxygens (including phenoxy) is 2. The summed E-state index contributed by atoms with van der Waals surface area (Å²) in [7, 11) is 0. The summed E-state index contributed by atoms with van der Waals surface area (Å²) >= 11 is 0. The van der Waals surface area contributed by atoms with Gasteiger partial charge in [-0.25, -0.2) is 0 Å². The van der Waals surface area contributed by atoms with Crippen LogP contribution < -0.4 is 0 Å². The van der Waals surface area contributed by atoms with E-state index in [0.29, 0.717) is 6.61 Å². The van der Waals surface area contributed by atoms with Crippen molar-refractivity contribution in [1.82, 2.24) is 0 Å². The Morgan fingerprint density at radius 3 is 1.97 bits per heavy atom. The molecule has 0 heterocycles. The van der Waals surface area contributed by atoms with Crippen LogP contribution in [0.15, 0.2) is 30.3 Å². The molecule has 1 N–H and O–H groups in total. The van der Waals surface area contributed by atoms with E-state index in [4.69, 9.17) is 14.6 Å². The van der Waals surface area contributed by atoms with Crippen LogP contribution in [0.5, 0.6) is 0 Å². The van der Waals surface area contributed by atoms with E-state index >= 15 is 0 Å². The first-order valence-electron chi connectivity index (χ1n) is 12.6. The van der Waals surface area contributed by atoms with E-state index in [0.717, 1.165) is 63.4 Å². The second kappa shape index (κ2) is 18.7. The minimum absolute atomic E-state index is 0.0868. The molecule has 0 radical (unpaired) electrons. The van der Waals surface area contributed by atoms with E-state index in [1.165, 1.54) is 32.6 Å². The van der Waals surface area contributed by atoms with Gasteiger partial charge in [0.2, 0.25) is 0 Å². The number of carboxylic acid groups (broad SMARTS) is 1. The zero-order chi connectivity index (χ0) is 23.4. The van der Waals surface area contributed by atoms with Gasteiger partial charge in [0.15, 0.2) is 0 Å². The average molecular weight is 449 g/mol. The van der Waals surface area contributed by atoms with Gasteiger partial charge >= 0.3 is 11.9 Å². The van der Waals surface area contributed by atoms with E-state index in [1.54, 1.807) is 0 Å². The summed E-state index contributed by atoms with van der Waals surface area (Å²) in [5, 5.41) is 8.71. The molecule has 0 aliphatic rings. The molecule has 1 aromatic rings. The Hall–Kier alpha value is -1.88. The lowest BCUT2D eigenvalue weighted by molar-refractivity contribution is -0.157. The first-order chi connectivity index (χ1) is 15.5. The van der Waals surface area contributed by atoms with Crippen molar-refractivity contribution in [2.24, 2.45) is 0 Å². The largest absolute Gasteiger partial charge is 0.481 e. The summed E-state index contributed by atoms with van der Waals surface area (Å²) in [4.78, 5) is 22.4. The summed E-state index contributed by atoms with van der Waals surface area (Å²) < 4.78 is 12.0. The smallest absolute Gasteiger partial charge is 0.303 e. The minimum Gasteiger partial charge on any atom is -0.481 e. The monoisotopic (exact) mass is 448 g/mol. The van der Waals surface area contributed by atoms with Gasteiger partial charge in [-0.1, -0.05) is 95.0 Å². The average Bonchev–Trinajstić information content (AvgIpc) is 2.77. The van der Waals surface area contributed by atoms with Crippen molar-refractivity contribution in [2.45, 2.75) is 123 Å². The van der Waals surface area contributed by atoms with Gasteiger partial charge in [-0.2, -0.15) is 0 Å². The van der Waals surface area contributed by atoms with Crippen molar-refractivity contribution < 1.29 is 24.2 Å². The lowest BCUT2D eigenvalue weighted by Crippen LogP contribution is -2.33. The Morgan fingerprint density at radius 2 is 1.38 bits per heavy atom. The van der Waals surface area contributed by atoms with Crippen molar-refractivity contribution in [3.63, 3.8) is 0 Å². The molecule has 1 rings (SSSR count). The lowest BCUT2D eigenvalue weighted by atomic mass is 9.99. The topological polar surface area (TPSA) is 72.8 Å². The molecular weight excluding hydrogens is 404 g/mol. The molecule has 2 atom stereocenters. The predicted octanol–water partition coefficient (Wildman–Crippen LogP) is 7.07. The summed E-state index contributed by atoms with van der Waals surface area (Å²) in [6.07, 6.45) is 13.5. The maximum atomic E-state index is 11.8. The molecule has 32 heavy (non-hydrogen) atoms. The van der Waals surface area contributed by atoms with E-state index in [2.05, 4.69) is 19.1 Å². The first-order valence-corrected chi connectivity index (χ1v) is 12.6. The fourth-order valence-electron chi connectivity index (χ4n) is 3.97. The van der Waals surface area contributed by atoms with Gasteiger partial charge in [-0.05, 0) is 31.2 Å². The van der Waals surface area contributed by atoms with Crippen LogP contribution in [0.4, 0.5) is 0 Å². The van der Waals surface area contributed by atoms with Gasteiger partial charge in [0.1, 0.15) is 6.10 Å². The van der Waals surface area contributed by atoms with Crippen molar-refractivity contribution in [3.8, 4) is 0 Å². The molecule has 0 bridgehead atoms. The molecule has 0 saturated carbocycles. The highest BCUT2D eigenvalue weighted by atomic mass is 16.6. The van der Waals surface area contributed by atoms with Gasteiger partial charge in [-0.15, -0.1) is 0 Å². The SMILES string of the molecule is CCCCCCCC(OCc1ccccc1)C(CCCCCCCCC(=O)O)OC(C)=O. The third kappa shape index (κ3) is 15.0. The molecule has 0 aliphatic carbocycles. The maximum Gasteiger partial charge on any atom is 0.303 e. The molecule has 5 nitrogen and oxygen atoms in total. The number of unbranched alkanes of at least 4 members (excludes halogenated alkanes) is 9. The number of carbonyl (C=O) groups is 2. The van der Waals surface area contributed by atoms with Crippen LogP contribution in [-0.4, -0.2) is 29.3 Å². The molecule has 0 aromatic heterocycles. The molecule has 5 heteroatoms. The molecule has 0 saturated heterocycles. The van der Waals surface area contributed by atoms with E-state index in [-0.39, 0.29) is 24.6 Å². The fourth-order valence-corrected chi connectivity index (χ4v) is 3.97. The fraction of sp³-hybridized carbons (Fsp3) is 0.704. The predicted molar refractivity (Wildman–Crippen MR) is 129 cm³/mol. The number of carboxylic acids is 1. The zero-order valence-electron chi connectivity index (χ0n) is 20.2. The number of aliphatic carboxylic acids is 1. The third-order valence-corrected chi connectivity index (χ3v) is 5.76. The summed E-state index contributed by atoms with van der Waals surface area (Å²) in [6.45, 7) is 4.22. The van der Waals surface area contributed by atoms with Crippen molar-refractivity contribution >= 4 is 11.9 Å². The normalized spacial score (nSPS) is 12.9. The molecule has 0 aliphatic heterocycles. The number of hydrogen-bond donors (Lipinski definition) is 1. The van der Waals surface area contributed by atoms with Gasteiger partial charge in [0.05, 0.1) is 12.7 Å². The molecule has 0 amide bonds. The van der Waals surface area contributed by atoms with Crippen molar-refractivity contribution in [2.75, 3.05) is 0 Å². The van der Waals surface area contributed by atoms with Gasteiger partial charge in [0.25, 0.3) is 0 Å². The van der Waals surface area contributed by atoms with Crippen molar-refractivity contribution in [3.05, 3.63) is 35.9 Å². The second-order valence-corrected chi connectivity index (χ2v) is 8.74. The van der Waals surface area contributed by atoms with Crippen LogP contribution in [0.3, 0.4) is 0 Å². The Balaban J connectivity index is 2.53. The highest BCUT2D eigenvalue weighted by Gasteiger charge is 2.24. The van der Waals surface area contributed by atoms with Gasteiger partial charge in [0, 0.05) is 13.3 Å². The molecule has 0 fully saturated rings. The summed E-state index contributed by atoms with van der Waals surface area (Å²) in [6, 6.07) is 10.1. The summed E-state index contributed by atoms with van der Waals surface area (Å²) in [5.41, 5.74) is 1.13. The van der Waals surface area contributed by atoms with Crippen molar-refractivity contribution in [1.29, 1.82) is 0 Å². The number of hydrogen-bond acceptors (Lipinski definition) is 4. The Labute approximate surface area is 194 Å². The Kier molecular flexibility index (Phi) is 16.4. The zero-order valence-corrected chi connectivity index (χ0v) is 20.2. The van der Waals surface area contributed by atoms with Crippen LogP contribution >= 0.6 is 0 Å². The standard InChI is InChI=1S/C27H44O5/c1-3-4-5-8-14-19-25(31-22-24-17-12-11-13-18-24)26(32-23(2)28)20-15-9-6-7-10-16-21-27(29)30/h11-13,17-18,25-26H,3-10,14-16,19-22H2,1-2H3,(H,29,30). The quantitative estimate of drug-likeness (QED) is 0.171. The Morgan fingerprint density at radius 1 is 0.812 bits per heavy atom. The molecule has 2 unspecified atom stereocenters. The molecular formula is C27H44O5. The summed E-state index contributed by atoms with van der Waals surface area (Å²) in [5.74, 6) is -0.964. The van der Waals surface area contributed by atoms with Crippen LogP contribution in [0.25, 0.3) is 0 Å². The molecule has 1 aromatic carbocycles. The first kappa shape index (κ1) is 28.2.